The number of thiazole rings is 1. The highest BCUT2D eigenvalue weighted by Gasteiger charge is 2.31. The van der Waals surface area contributed by atoms with Crippen LogP contribution in [0.2, 0.25) is 0 Å². The lowest BCUT2D eigenvalue weighted by atomic mass is 10.1. The van der Waals surface area contributed by atoms with Crippen LogP contribution in [-0.4, -0.2) is 27.6 Å². The van der Waals surface area contributed by atoms with Gasteiger partial charge in [-0.25, -0.2) is 4.98 Å². The van der Waals surface area contributed by atoms with Crippen molar-refractivity contribution in [1.29, 1.82) is 0 Å². The average molecular weight is 459 g/mol. The van der Waals surface area contributed by atoms with Crippen molar-refractivity contribution in [1.82, 2.24) is 9.88 Å². The Morgan fingerprint density at radius 3 is 2.41 bits per heavy atom. The number of nitrogens with zero attached hydrogens (tertiary/aromatic N) is 2. The lowest BCUT2D eigenvalue weighted by Crippen LogP contribution is -2.28. The first kappa shape index (κ1) is 21.7. The van der Waals surface area contributed by atoms with Gasteiger partial charge in [-0.15, -0.1) is 11.3 Å². The molecule has 2 heterocycles. The first-order valence-corrected chi connectivity index (χ1v) is 10.5. The SMILES string of the molecule is O=C(Nc1nc(-c2cccc(C(F)(F)F)c2)cs1)c1ccc(CN2C(=O)CCC2=O)cc1. The van der Waals surface area contributed by atoms with E-state index in [1.54, 1.807) is 29.6 Å². The number of rotatable bonds is 5. The minimum Gasteiger partial charge on any atom is -0.298 e. The summed E-state index contributed by atoms with van der Waals surface area (Å²) in [6.07, 6.45) is -4.02. The van der Waals surface area contributed by atoms with Crippen LogP contribution in [0.4, 0.5) is 18.3 Å². The summed E-state index contributed by atoms with van der Waals surface area (Å²) >= 11 is 1.10. The second-order valence-electron chi connectivity index (χ2n) is 7.14. The molecule has 4 rings (SSSR count). The van der Waals surface area contributed by atoms with Crippen LogP contribution in [-0.2, 0) is 22.3 Å². The van der Waals surface area contributed by atoms with Gasteiger partial charge in [0.2, 0.25) is 11.8 Å². The highest BCUT2D eigenvalue weighted by atomic mass is 32.1. The van der Waals surface area contributed by atoms with Crippen molar-refractivity contribution < 1.29 is 27.6 Å². The fourth-order valence-corrected chi connectivity index (χ4v) is 3.95. The normalized spacial score (nSPS) is 14.2. The summed E-state index contributed by atoms with van der Waals surface area (Å²) in [4.78, 5) is 41.3. The number of nitrogens with one attached hydrogen (secondary N) is 1. The van der Waals surface area contributed by atoms with Gasteiger partial charge >= 0.3 is 6.18 Å². The van der Waals surface area contributed by atoms with E-state index in [1.165, 1.54) is 17.0 Å². The Kier molecular flexibility index (Phi) is 5.79. The number of aromatic nitrogens is 1. The zero-order valence-corrected chi connectivity index (χ0v) is 17.3. The van der Waals surface area contributed by atoms with Crippen molar-refractivity contribution in [2.45, 2.75) is 25.6 Å². The Labute approximate surface area is 184 Å². The summed E-state index contributed by atoms with van der Waals surface area (Å²) < 4.78 is 38.8. The Balaban J connectivity index is 1.42. The molecule has 0 aliphatic carbocycles. The quantitative estimate of drug-likeness (QED) is 0.560. The van der Waals surface area contributed by atoms with Crippen LogP contribution in [0.5, 0.6) is 0 Å². The molecule has 0 spiro atoms. The molecule has 1 aliphatic heterocycles. The summed E-state index contributed by atoms with van der Waals surface area (Å²) in [5.74, 6) is -0.857. The number of benzene rings is 2. The zero-order valence-electron chi connectivity index (χ0n) is 16.5. The lowest BCUT2D eigenvalue weighted by molar-refractivity contribution is -0.139. The third kappa shape index (κ3) is 4.70. The maximum absolute atomic E-state index is 12.9. The van der Waals surface area contributed by atoms with E-state index >= 15 is 0 Å². The van der Waals surface area contributed by atoms with E-state index in [1.807, 2.05) is 0 Å². The molecule has 10 heteroatoms. The van der Waals surface area contributed by atoms with Gasteiger partial charge in [0.15, 0.2) is 5.13 Å². The smallest absolute Gasteiger partial charge is 0.298 e. The molecular weight excluding hydrogens is 443 g/mol. The van der Waals surface area contributed by atoms with Crippen molar-refractivity contribution in [2.75, 3.05) is 5.32 Å². The third-order valence-corrected chi connectivity index (χ3v) is 5.68. The summed E-state index contributed by atoms with van der Waals surface area (Å²) in [5.41, 5.74) is 0.902. The van der Waals surface area contributed by atoms with E-state index in [0.717, 1.165) is 23.5 Å². The number of imide groups is 1. The maximum atomic E-state index is 12.9. The van der Waals surface area contributed by atoms with Crippen molar-refractivity contribution in [3.8, 4) is 11.3 Å². The van der Waals surface area contributed by atoms with Gasteiger partial charge in [0, 0.05) is 29.3 Å². The van der Waals surface area contributed by atoms with Gasteiger partial charge in [0.1, 0.15) is 0 Å². The van der Waals surface area contributed by atoms with Crippen LogP contribution < -0.4 is 5.32 Å². The van der Waals surface area contributed by atoms with Crippen LogP contribution in [0.3, 0.4) is 0 Å². The lowest BCUT2D eigenvalue weighted by Gasteiger charge is -2.13. The summed E-state index contributed by atoms with van der Waals surface area (Å²) in [6.45, 7) is 0.159. The van der Waals surface area contributed by atoms with E-state index in [9.17, 15) is 27.6 Å². The molecule has 0 unspecified atom stereocenters. The fraction of sp³-hybridized carbons (Fsp3) is 0.182. The molecule has 0 saturated carbocycles. The predicted octanol–water partition coefficient (Wildman–Crippen LogP) is 4.73. The number of anilines is 1. The highest BCUT2D eigenvalue weighted by Crippen LogP contribution is 2.33. The van der Waals surface area contributed by atoms with E-state index in [4.69, 9.17) is 0 Å². The molecule has 0 bridgehead atoms. The molecule has 1 fully saturated rings. The van der Waals surface area contributed by atoms with Gasteiger partial charge in [-0.2, -0.15) is 13.2 Å². The van der Waals surface area contributed by atoms with E-state index in [-0.39, 0.29) is 36.3 Å². The predicted molar refractivity (Wildman–Crippen MR) is 112 cm³/mol. The molecule has 1 saturated heterocycles. The Morgan fingerprint density at radius 1 is 1.06 bits per heavy atom. The Morgan fingerprint density at radius 2 is 1.75 bits per heavy atom. The number of amides is 3. The molecule has 6 nitrogen and oxygen atoms in total. The fourth-order valence-electron chi connectivity index (χ4n) is 3.23. The molecular formula is C22H16F3N3O3S. The summed E-state index contributed by atoms with van der Waals surface area (Å²) in [6, 6.07) is 11.3. The standard InChI is InChI=1S/C22H16F3N3O3S/c23-22(24,25)16-3-1-2-15(10-16)17-12-32-21(26-17)27-20(31)14-6-4-13(5-7-14)11-28-18(29)8-9-19(28)30/h1-7,10,12H,8-9,11H2,(H,26,27,31). The van der Waals surface area contributed by atoms with E-state index < -0.39 is 17.6 Å². The molecule has 32 heavy (non-hydrogen) atoms. The Bertz CT molecular complexity index is 1170. The number of halogens is 3. The van der Waals surface area contributed by atoms with Crippen LogP contribution in [0.15, 0.2) is 53.9 Å². The number of carbonyl (C=O) groups excluding carboxylic acids is 3. The van der Waals surface area contributed by atoms with Crippen LogP contribution >= 0.6 is 11.3 Å². The highest BCUT2D eigenvalue weighted by molar-refractivity contribution is 7.14. The van der Waals surface area contributed by atoms with Gasteiger partial charge in [0.25, 0.3) is 5.91 Å². The molecule has 3 amide bonds. The maximum Gasteiger partial charge on any atom is 0.416 e. The number of likely N-dealkylation sites (tertiary alicyclic amines) is 1. The number of hydrogen-bond donors (Lipinski definition) is 1. The molecule has 1 N–H and O–H groups in total. The second kappa shape index (κ2) is 8.54. The molecule has 0 atom stereocenters. The van der Waals surface area contributed by atoms with Gasteiger partial charge in [-0.3, -0.25) is 24.6 Å². The van der Waals surface area contributed by atoms with E-state index in [0.29, 0.717) is 22.4 Å². The number of hydrogen-bond acceptors (Lipinski definition) is 5. The summed E-state index contributed by atoms with van der Waals surface area (Å²) in [7, 11) is 0. The monoisotopic (exact) mass is 459 g/mol. The molecule has 1 aliphatic rings. The van der Waals surface area contributed by atoms with Crippen LogP contribution in [0.1, 0.15) is 34.3 Å². The largest absolute Gasteiger partial charge is 0.416 e. The van der Waals surface area contributed by atoms with Crippen molar-refractivity contribution in [2.24, 2.45) is 0 Å². The molecule has 0 radical (unpaired) electrons. The molecule has 164 valence electrons. The van der Waals surface area contributed by atoms with Gasteiger partial charge in [-0.1, -0.05) is 24.3 Å². The molecule has 2 aromatic carbocycles. The first-order chi connectivity index (χ1) is 15.2. The zero-order chi connectivity index (χ0) is 22.9. The van der Waals surface area contributed by atoms with Crippen molar-refractivity contribution >= 4 is 34.2 Å². The average Bonchev–Trinajstić information content (AvgIpc) is 3.35. The van der Waals surface area contributed by atoms with Crippen molar-refractivity contribution in [3.63, 3.8) is 0 Å². The second-order valence-corrected chi connectivity index (χ2v) is 8.00. The molecule has 1 aromatic heterocycles. The first-order valence-electron chi connectivity index (χ1n) is 9.57. The van der Waals surface area contributed by atoms with Crippen LogP contribution in [0.25, 0.3) is 11.3 Å². The van der Waals surface area contributed by atoms with Crippen LogP contribution in [0, 0.1) is 0 Å². The topological polar surface area (TPSA) is 79.4 Å². The van der Waals surface area contributed by atoms with Gasteiger partial charge < -0.3 is 0 Å². The third-order valence-electron chi connectivity index (χ3n) is 4.92. The minimum absolute atomic E-state index is 0.159. The van der Waals surface area contributed by atoms with Crippen molar-refractivity contribution in [3.05, 3.63) is 70.6 Å². The molecule has 3 aromatic rings. The Hall–Kier alpha value is -3.53. The summed E-state index contributed by atoms with van der Waals surface area (Å²) in [5, 5.41) is 4.45. The van der Waals surface area contributed by atoms with Gasteiger partial charge in [-0.05, 0) is 29.8 Å². The minimum atomic E-state index is -4.45. The number of alkyl halides is 3. The number of carbonyl (C=O) groups is 3. The van der Waals surface area contributed by atoms with E-state index in [2.05, 4.69) is 10.3 Å². The van der Waals surface area contributed by atoms with Gasteiger partial charge in [0.05, 0.1) is 17.8 Å².